The lowest BCUT2D eigenvalue weighted by molar-refractivity contribution is 0.840. The van der Waals surface area contributed by atoms with Crippen LogP contribution in [0.3, 0.4) is 0 Å². The molecule has 0 spiro atoms. The number of benzene rings is 1. The van der Waals surface area contributed by atoms with Crippen molar-refractivity contribution in [2.75, 3.05) is 23.9 Å². The number of hydrogen-bond acceptors (Lipinski definition) is 5. The Kier molecular flexibility index (Phi) is 5.42. The van der Waals surface area contributed by atoms with E-state index in [1.165, 1.54) is 12.2 Å². The van der Waals surface area contributed by atoms with Gasteiger partial charge in [-0.15, -0.1) is 0 Å². The molecule has 118 valence electrons. The molecule has 5 heteroatoms. The molecule has 0 aliphatic heterocycles. The van der Waals surface area contributed by atoms with Crippen LogP contribution in [0.2, 0.25) is 0 Å². The van der Waals surface area contributed by atoms with E-state index in [4.69, 9.17) is 4.98 Å². The summed E-state index contributed by atoms with van der Waals surface area (Å²) >= 11 is 1.89. The molecule has 2 heterocycles. The summed E-state index contributed by atoms with van der Waals surface area (Å²) in [5, 5.41) is 4.54. The van der Waals surface area contributed by atoms with Gasteiger partial charge in [0.05, 0.1) is 5.52 Å². The van der Waals surface area contributed by atoms with Gasteiger partial charge in [0.2, 0.25) is 0 Å². The SMILES string of the molecule is CSCCCCNc1nc(-c2cccnc2)nc2ccccc12. The van der Waals surface area contributed by atoms with Crippen LogP contribution >= 0.6 is 11.8 Å². The van der Waals surface area contributed by atoms with Crippen LogP contribution in [-0.2, 0) is 0 Å². The zero-order chi connectivity index (χ0) is 15.9. The maximum absolute atomic E-state index is 4.72. The Bertz CT molecular complexity index is 761. The van der Waals surface area contributed by atoms with Gasteiger partial charge in [-0.05, 0) is 49.1 Å². The standard InChI is InChI=1S/C18H20N4S/c1-23-12-5-4-11-20-18-15-8-2-3-9-16(15)21-17(22-18)14-7-6-10-19-13-14/h2-3,6-10,13H,4-5,11-12H2,1H3,(H,20,21,22). The third-order valence-electron chi connectivity index (χ3n) is 3.59. The lowest BCUT2D eigenvalue weighted by atomic mass is 10.2. The smallest absolute Gasteiger partial charge is 0.163 e. The van der Waals surface area contributed by atoms with Crippen molar-refractivity contribution in [2.45, 2.75) is 12.8 Å². The Labute approximate surface area is 140 Å². The average Bonchev–Trinajstić information content (AvgIpc) is 2.62. The highest BCUT2D eigenvalue weighted by atomic mass is 32.2. The first kappa shape index (κ1) is 15.7. The zero-order valence-corrected chi connectivity index (χ0v) is 14.0. The highest BCUT2D eigenvalue weighted by Crippen LogP contribution is 2.24. The minimum atomic E-state index is 0.711. The molecule has 0 aliphatic rings. The number of para-hydroxylation sites is 1. The van der Waals surface area contributed by atoms with Gasteiger partial charge in [0.25, 0.3) is 0 Å². The number of rotatable bonds is 7. The van der Waals surface area contributed by atoms with Crippen LogP contribution in [0.5, 0.6) is 0 Å². The molecule has 0 amide bonds. The van der Waals surface area contributed by atoms with Gasteiger partial charge >= 0.3 is 0 Å². The Hall–Kier alpha value is -2.14. The molecule has 2 aromatic heterocycles. The number of pyridine rings is 1. The van der Waals surface area contributed by atoms with Gasteiger partial charge in [-0.2, -0.15) is 11.8 Å². The molecular weight excluding hydrogens is 304 g/mol. The number of unbranched alkanes of at least 4 members (excludes halogenated alkanes) is 1. The maximum atomic E-state index is 4.72. The fourth-order valence-corrected chi connectivity index (χ4v) is 2.91. The topological polar surface area (TPSA) is 50.7 Å². The van der Waals surface area contributed by atoms with E-state index in [0.29, 0.717) is 5.82 Å². The summed E-state index contributed by atoms with van der Waals surface area (Å²) in [5.74, 6) is 2.81. The van der Waals surface area contributed by atoms with Gasteiger partial charge in [0.15, 0.2) is 5.82 Å². The van der Waals surface area contributed by atoms with Gasteiger partial charge in [-0.1, -0.05) is 12.1 Å². The van der Waals surface area contributed by atoms with Crippen molar-refractivity contribution in [3.8, 4) is 11.4 Å². The molecule has 3 aromatic rings. The van der Waals surface area contributed by atoms with Crippen molar-refractivity contribution in [3.05, 3.63) is 48.8 Å². The predicted octanol–water partition coefficient (Wildman–Crippen LogP) is 4.25. The van der Waals surface area contributed by atoms with E-state index < -0.39 is 0 Å². The number of anilines is 1. The third kappa shape index (κ3) is 3.99. The van der Waals surface area contributed by atoms with Crippen LogP contribution in [0, 0.1) is 0 Å². The normalized spacial score (nSPS) is 10.8. The van der Waals surface area contributed by atoms with Gasteiger partial charge in [-0.25, -0.2) is 9.97 Å². The van der Waals surface area contributed by atoms with E-state index in [1.54, 1.807) is 12.4 Å². The Morgan fingerprint density at radius 3 is 2.78 bits per heavy atom. The molecule has 0 unspecified atom stereocenters. The van der Waals surface area contributed by atoms with E-state index in [-0.39, 0.29) is 0 Å². The van der Waals surface area contributed by atoms with Crippen molar-refractivity contribution in [2.24, 2.45) is 0 Å². The molecular formula is C18H20N4S. The Morgan fingerprint density at radius 2 is 1.96 bits per heavy atom. The number of nitrogens with one attached hydrogen (secondary N) is 1. The molecule has 0 aliphatic carbocycles. The maximum Gasteiger partial charge on any atom is 0.163 e. The molecule has 0 saturated carbocycles. The van der Waals surface area contributed by atoms with E-state index in [0.717, 1.165) is 35.2 Å². The molecule has 0 atom stereocenters. The van der Waals surface area contributed by atoms with Gasteiger partial charge in [0.1, 0.15) is 5.82 Å². The predicted molar refractivity (Wildman–Crippen MR) is 98.9 cm³/mol. The molecule has 23 heavy (non-hydrogen) atoms. The second-order valence-corrected chi connectivity index (χ2v) is 6.27. The number of aromatic nitrogens is 3. The molecule has 4 nitrogen and oxygen atoms in total. The van der Waals surface area contributed by atoms with Crippen molar-refractivity contribution >= 4 is 28.5 Å². The molecule has 0 fully saturated rings. The number of fused-ring (bicyclic) bond motifs is 1. The van der Waals surface area contributed by atoms with Crippen LogP contribution in [0.1, 0.15) is 12.8 Å². The summed E-state index contributed by atoms with van der Waals surface area (Å²) in [6.45, 7) is 0.925. The monoisotopic (exact) mass is 324 g/mol. The summed E-state index contributed by atoms with van der Waals surface area (Å²) in [7, 11) is 0. The molecule has 0 bridgehead atoms. The summed E-state index contributed by atoms with van der Waals surface area (Å²) < 4.78 is 0. The number of nitrogens with zero attached hydrogens (tertiary/aromatic N) is 3. The highest BCUT2D eigenvalue weighted by Gasteiger charge is 2.08. The van der Waals surface area contributed by atoms with Crippen molar-refractivity contribution in [3.63, 3.8) is 0 Å². The quantitative estimate of drug-likeness (QED) is 0.659. The van der Waals surface area contributed by atoms with E-state index in [9.17, 15) is 0 Å². The van der Waals surface area contributed by atoms with E-state index >= 15 is 0 Å². The second kappa shape index (κ2) is 7.92. The molecule has 0 saturated heterocycles. The van der Waals surface area contributed by atoms with Crippen LogP contribution < -0.4 is 5.32 Å². The summed E-state index contributed by atoms with van der Waals surface area (Å²) in [4.78, 5) is 13.6. The molecule has 1 aromatic carbocycles. The molecule has 1 N–H and O–H groups in total. The number of hydrogen-bond donors (Lipinski definition) is 1. The number of thioether (sulfide) groups is 1. The van der Waals surface area contributed by atoms with E-state index in [1.807, 2.05) is 42.1 Å². The van der Waals surface area contributed by atoms with Crippen molar-refractivity contribution in [1.82, 2.24) is 15.0 Å². The highest BCUT2D eigenvalue weighted by molar-refractivity contribution is 7.98. The first-order chi connectivity index (χ1) is 11.4. The summed E-state index contributed by atoms with van der Waals surface area (Å²) in [6, 6.07) is 12.0. The van der Waals surface area contributed by atoms with E-state index in [2.05, 4.69) is 27.6 Å². The summed E-state index contributed by atoms with van der Waals surface area (Å²) in [5.41, 5.74) is 1.89. The third-order valence-corrected chi connectivity index (χ3v) is 4.29. The van der Waals surface area contributed by atoms with Crippen molar-refractivity contribution < 1.29 is 0 Å². The fraction of sp³-hybridized carbons (Fsp3) is 0.278. The largest absolute Gasteiger partial charge is 0.369 e. The fourth-order valence-electron chi connectivity index (χ4n) is 2.41. The van der Waals surface area contributed by atoms with Crippen molar-refractivity contribution in [1.29, 1.82) is 0 Å². The first-order valence-corrected chi connectivity index (χ1v) is 9.18. The van der Waals surface area contributed by atoms with Crippen LogP contribution in [0.25, 0.3) is 22.3 Å². The van der Waals surface area contributed by atoms with Crippen LogP contribution in [-0.4, -0.2) is 33.5 Å². The molecule has 0 radical (unpaired) electrons. The van der Waals surface area contributed by atoms with Gasteiger partial charge in [0, 0.05) is 29.9 Å². The summed E-state index contributed by atoms with van der Waals surface area (Å²) in [6.07, 6.45) is 8.06. The lowest BCUT2D eigenvalue weighted by Gasteiger charge is -2.10. The van der Waals surface area contributed by atoms with Gasteiger partial charge in [-0.3, -0.25) is 4.98 Å². The minimum Gasteiger partial charge on any atom is -0.369 e. The Morgan fingerprint density at radius 1 is 1.04 bits per heavy atom. The molecule has 3 rings (SSSR count). The van der Waals surface area contributed by atoms with Gasteiger partial charge < -0.3 is 5.32 Å². The Balaban J connectivity index is 1.88. The average molecular weight is 324 g/mol. The van der Waals surface area contributed by atoms with Crippen LogP contribution in [0.15, 0.2) is 48.8 Å². The zero-order valence-electron chi connectivity index (χ0n) is 13.2. The lowest BCUT2D eigenvalue weighted by Crippen LogP contribution is -2.06. The minimum absolute atomic E-state index is 0.711. The first-order valence-electron chi connectivity index (χ1n) is 7.78. The second-order valence-electron chi connectivity index (χ2n) is 5.28. The van der Waals surface area contributed by atoms with Crippen LogP contribution in [0.4, 0.5) is 5.82 Å².